The van der Waals surface area contributed by atoms with Crippen molar-refractivity contribution in [3.63, 3.8) is 0 Å². The molecule has 0 heterocycles. The van der Waals surface area contributed by atoms with Gasteiger partial charge in [-0.05, 0) is 30.5 Å². The average molecular weight is 301 g/mol. The Labute approximate surface area is 122 Å². The van der Waals surface area contributed by atoms with E-state index in [0.29, 0.717) is 0 Å². The zero-order valence-corrected chi connectivity index (χ0v) is 11.8. The fourth-order valence-corrected chi connectivity index (χ4v) is 2.69. The van der Waals surface area contributed by atoms with Gasteiger partial charge in [-0.3, -0.25) is 0 Å². The molecule has 1 saturated carbocycles. The third kappa shape index (κ3) is 3.61. The Hall–Kier alpha value is -1.33. The molecule has 0 unspecified atom stereocenters. The van der Waals surface area contributed by atoms with Gasteiger partial charge in [0.1, 0.15) is 5.82 Å². The number of aliphatic hydroxyl groups is 1. The fourth-order valence-electron chi connectivity index (χ4n) is 2.49. The number of urea groups is 1. The number of aliphatic hydroxyl groups excluding tert-OH is 1. The van der Waals surface area contributed by atoms with Crippen molar-refractivity contribution in [2.75, 3.05) is 6.61 Å². The molecule has 0 saturated heterocycles. The molecule has 1 aromatic rings. The third-order valence-corrected chi connectivity index (χ3v) is 3.97. The molecule has 2 amide bonds. The highest BCUT2D eigenvalue weighted by molar-refractivity contribution is 6.30. The van der Waals surface area contributed by atoms with Crippen LogP contribution in [0.25, 0.3) is 0 Å². The summed E-state index contributed by atoms with van der Waals surface area (Å²) in [6.45, 7) is 0.205. The maximum atomic E-state index is 13.0. The molecule has 2 rings (SSSR count). The minimum atomic E-state index is -0.496. The molecule has 0 radical (unpaired) electrons. The van der Waals surface area contributed by atoms with Gasteiger partial charge in [0.2, 0.25) is 0 Å². The number of carbonyl (C=O) groups excluding carboxylic acids is 1. The maximum Gasteiger partial charge on any atom is 0.315 e. The van der Waals surface area contributed by atoms with Gasteiger partial charge in [0, 0.05) is 6.54 Å². The van der Waals surface area contributed by atoms with Gasteiger partial charge in [-0.25, -0.2) is 9.18 Å². The lowest BCUT2D eigenvalue weighted by molar-refractivity contribution is 0.163. The van der Waals surface area contributed by atoms with Crippen LogP contribution >= 0.6 is 11.6 Å². The van der Waals surface area contributed by atoms with Crippen LogP contribution in [0.2, 0.25) is 5.02 Å². The summed E-state index contributed by atoms with van der Waals surface area (Å²) in [4.78, 5) is 11.8. The van der Waals surface area contributed by atoms with E-state index in [1.807, 2.05) is 0 Å². The first-order valence-corrected chi connectivity index (χ1v) is 7.03. The van der Waals surface area contributed by atoms with Crippen molar-refractivity contribution >= 4 is 17.6 Å². The van der Waals surface area contributed by atoms with E-state index in [4.69, 9.17) is 11.6 Å². The molecular formula is C14H18ClFN2O2. The van der Waals surface area contributed by atoms with Gasteiger partial charge in [-0.1, -0.05) is 30.5 Å². The first-order chi connectivity index (χ1) is 9.54. The predicted molar refractivity (Wildman–Crippen MR) is 75.1 cm³/mol. The van der Waals surface area contributed by atoms with Crippen LogP contribution < -0.4 is 10.6 Å². The zero-order valence-electron chi connectivity index (χ0n) is 11.1. The normalized spacial score (nSPS) is 16.9. The lowest BCUT2D eigenvalue weighted by Crippen LogP contribution is -2.52. The summed E-state index contributed by atoms with van der Waals surface area (Å²) in [7, 11) is 0. The van der Waals surface area contributed by atoms with Crippen LogP contribution in [0.5, 0.6) is 0 Å². The van der Waals surface area contributed by atoms with Crippen LogP contribution in [0.3, 0.4) is 0 Å². The Morgan fingerprint density at radius 2 is 2.10 bits per heavy atom. The van der Waals surface area contributed by atoms with Crippen LogP contribution in [0.15, 0.2) is 18.2 Å². The minimum absolute atomic E-state index is 0.0346. The second kappa shape index (κ2) is 6.41. The summed E-state index contributed by atoms with van der Waals surface area (Å²) in [5.41, 5.74) is 0.223. The van der Waals surface area contributed by atoms with E-state index < -0.39 is 11.4 Å². The highest BCUT2D eigenvalue weighted by atomic mass is 35.5. The summed E-state index contributed by atoms with van der Waals surface area (Å²) in [6.07, 6.45) is 3.60. The molecule has 0 aliphatic heterocycles. The number of amides is 2. The van der Waals surface area contributed by atoms with Crippen molar-refractivity contribution in [3.8, 4) is 0 Å². The van der Waals surface area contributed by atoms with Gasteiger partial charge in [0.25, 0.3) is 0 Å². The lowest BCUT2D eigenvalue weighted by atomic mass is 9.99. The zero-order chi connectivity index (χ0) is 14.6. The van der Waals surface area contributed by atoms with E-state index >= 15 is 0 Å². The Morgan fingerprint density at radius 1 is 1.40 bits per heavy atom. The molecule has 0 atom stereocenters. The fraction of sp³-hybridized carbons (Fsp3) is 0.500. The van der Waals surface area contributed by atoms with Gasteiger partial charge in [0.15, 0.2) is 0 Å². The molecule has 110 valence electrons. The number of hydrogen-bond donors (Lipinski definition) is 3. The topological polar surface area (TPSA) is 61.4 Å². The van der Waals surface area contributed by atoms with Crippen molar-refractivity contribution in [1.82, 2.24) is 10.6 Å². The highest BCUT2D eigenvalue weighted by Crippen LogP contribution is 2.28. The molecule has 0 spiro atoms. The molecule has 0 aromatic heterocycles. The van der Waals surface area contributed by atoms with E-state index in [1.165, 1.54) is 12.1 Å². The van der Waals surface area contributed by atoms with E-state index in [1.54, 1.807) is 6.07 Å². The SMILES string of the molecule is O=C(NCc1ccc(F)c(Cl)c1)NC1(CO)CCCC1. The summed E-state index contributed by atoms with van der Waals surface area (Å²) < 4.78 is 13.0. The van der Waals surface area contributed by atoms with Crippen LogP contribution in [-0.2, 0) is 6.54 Å². The molecule has 1 aliphatic rings. The number of rotatable bonds is 4. The lowest BCUT2D eigenvalue weighted by Gasteiger charge is -2.28. The molecule has 1 aromatic carbocycles. The number of nitrogens with one attached hydrogen (secondary N) is 2. The van der Waals surface area contributed by atoms with Crippen molar-refractivity contribution in [3.05, 3.63) is 34.6 Å². The third-order valence-electron chi connectivity index (χ3n) is 3.68. The minimum Gasteiger partial charge on any atom is -0.394 e. The number of halogens is 2. The molecule has 1 aliphatic carbocycles. The van der Waals surface area contributed by atoms with Crippen LogP contribution in [-0.4, -0.2) is 23.3 Å². The summed E-state index contributed by atoms with van der Waals surface area (Å²) in [5.74, 6) is -0.481. The highest BCUT2D eigenvalue weighted by Gasteiger charge is 2.34. The van der Waals surface area contributed by atoms with Gasteiger partial charge in [-0.15, -0.1) is 0 Å². The smallest absolute Gasteiger partial charge is 0.315 e. The van der Waals surface area contributed by atoms with Crippen molar-refractivity contribution in [2.45, 2.75) is 37.8 Å². The molecule has 0 bridgehead atoms. The first-order valence-electron chi connectivity index (χ1n) is 6.65. The number of benzene rings is 1. The maximum absolute atomic E-state index is 13.0. The molecule has 4 nitrogen and oxygen atoms in total. The number of carbonyl (C=O) groups is 1. The largest absolute Gasteiger partial charge is 0.394 e. The van der Waals surface area contributed by atoms with E-state index in [9.17, 15) is 14.3 Å². The summed E-state index contributed by atoms with van der Waals surface area (Å²) in [5, 5.41) is 15.0. The number of hydrogen-bond acceptors (Lipinski definition) is 2. The predicted octanol–water partition coefficient (Wildman–Crippen LogP) is 2.58. The molecule has 3 N–H and O–H groups in total. The van der Waals surface area contributed by atoms with Gasteiger partial charge < -0.3 is 15.7 Å². The van der Waals surface area contributed by atoms with E-state index in [0.717, 1.165) is 31.2 Å². The van der Waals surface area contributed by atoms with Crippen molar-refractivity contribution < 1.29 is 14.3 Å². The van der Waals surface area contributed by atoms with Crippen molar-refractivity contribution in [2.24, 2.45) is 0 Å². The van der Waals surface area contributed by atoms with E-state index in [2.05, 4.69) is 10.6 Å². The van der Waals surface area contributed by atoms with Crippen LogP contribution in [0.4, 0.5) is 9.18 Å². The Balaban J connectivity index is 1.87. The van der Waals surface area contributed by atoms with E-state index in [-0.39, 0.29) is 24.2 Å². The molecule has 20 heavy (non-hydrogen) atoms. The Morgan fingerprint density at radius 3 is 2.70 bits per heavy atom. The second-order valence-electron chi connectivity index (χ2n) is 5.20. The summed E-state index contributed by atoms with van der Waals surface area (Å²) in [6, 6.07) is 3.98. The quantitative estimate of drug-likeness (QED) is 0.800. The van der Waals surface area contributed by atoms with Gasteiger partial charge in [0.05, 0.1) is 17.2 Å². The molecule has 6 heteroatoms. The van der Waals surface area contributed by atoms with Crippen LogP contribution in [0.1, 0.15) is 31.2 Å². The van der Waals surface area contributed by atoms with Gasteiger partial charge in [-0.2, -0.15) is 0 Å². The Bertz CT molecular complexity index is 490. The molecular weight excluding hydrogens is 283 g/mol. The summed E-state index contributed by atoms with van der Waals surface area (Å²) >= 11 is 5.67. The Kier molecular flexibility index (Phi) is 4.83. The first kappa shape index (κ1) is 15.1. The standard InChI is InChI=1S/C14H18ClFN2O2/c15-11-7-10(3-4-12(11)16)8-17-13(20)18-14(9-19)5-1-2-6-14/h3-4,7,19H,1-2,5-6,8-9H2,(H2,17,18,20). The monoisotopic (exact) mass is 300 g/mol. The van der Waals surface area contributed by atoms with Gasteiger partial charge >= 0.3 is 6.03 Å². The second-order valence-corrected chi connectivity index (χ2v) is 5.61. The average Bonchev–Trinajstić information content (AvgIpc) is 2.89. The molecule has 1 fully saturated rings. The van der Waals surface area contributed by atoms with Crippen LogP contribution in [0, 0.1) is 5.82 Å². The van der Waals surface area contributed by atoms with Crippen molar-refractivity contribution in [1.29, 1.82) is 0 Å².